The SMILES string of the molecule is CC(C)n1c(CNc2ncnc(N)c2C(=N)c2cccc(F)c2)cc2cccc(F)c2c1=O. The Kier molecular flexibility index (Phi) is 5.87. The number of hydrogen-bond acceptors (Lipinski definition) is 6. The van der Waals surface area contributed by atoms with E-state index in [1.807, 2.05) is 13.8 Å². The molecule has 0 fully saturated rings. The van der Waals surface area contributed by atoms with Gasteiger partial charge in [-0.2, -0.15) is 0 Å². The van der Waals surface area contributed by atoms with E-state index in [0.29, 0.717) is 16.6 Å². The molecule has 0 atom stereocenters. The molecule has 4 N–H and O–H groups in total. The number of pyridine rings is 1. The lowest BCUT2D eigenvalue weighted by atomic mass is 10.0. The second kappa shape index (κ2) is 8.78. The Labute approximate surface area is 188 Å². The first kappa shape index (κ1) is 22.1. The molecule has 0 radical (unpaired) electrons. The number of benzene rings is 2. The fourth-order valence-corrected chi connectivity index (χ4v) is 3.83. The second-order valence-corrected chi connectivity index (χ2v) is 7.83. The molecule has 0 aliphatic carbocycles. The monoisotopic (exact) mass is 448 g/mol. The Balaban J connectivity index is 1.75. The lowest BCUT2D eigenvalue weighted by Gasteiger charge is -2.19. The molecule has 9 heteroatoms. The van der Waals surface area contributed by atoms with Crippen molar-refractivity contribution in [3.63, 3.8) is 0 Å². The van der Waals surface area contributed by atoms with E-state index in [1.54, 1.807) is 24.3 Å². The van der Waals surface area contributed by atoms with Crippen LogP contribution in [0.5, 0.6) is 0 Å². The molecule has 0 spiro atoms. The standard InChI is InChI=1S/C24H22F2N6O/c1-13(2)32-17(10-14-5-4-8-18(26)19(14)24(32)33)11-29-23-20(22(28)30-12-31-23)21(27)15-6-3-7-16(25)9-15/h3-10,12-13,27H,11H2,1-2H3,(H3,28,29,30,31). The number of hydrogen-bond donors (Lipinski definition) is 3. The van der Waals surface area contributed by atoms with E-state index in [9.17, 15) is 13.6 Å². The molecular weight excluding hydrogens is 426 g/mol. The zero-order chi connectivity index (χ0) is 23.7. The third-order valence-corrected chi connectivity index (χ3v) is 5.30. The molecule has 0 aliphatic heterocycles. The number of anilines is 2. The summed E-state index contributed by atoms with van der Waals surface area (Å²) >= 11 is 0. The van der Waals surface area contributed by atoms with Gasteiger partial charge in [0, 0.05) is 17.3 Å². The molecule has 0 saturated carbocycles. The molecule has 4 aromatic rings. The van der Waals surface area contributed by atoms with Gasteiger partial charge in [-0.25, -0.2) is 18.7 Å². The number of nitrogens with two attached hydrogens (primary N) is 1. The quantitative estimate of drug-likeness (QED) is 0.382. The van der Waals surface area contributed by atoms with Crippen molar-refractivity contribution < 1.29 is 8.78 Å². The third-order valence-electron chi connectivity index (χ3n) is 5.30. The summed E-state index contributed by atoms with van der Waals surface area (Å²) in [5.41, 5.74) is 6.71. The number of nitrogens with one attached hydrogen (secondary N) is 2. The normalized spacial score (nSPS) is 11.2. The van der Waals surface area contributed by atoms with Crippen LogP contribution in [0.25, 0.3) is 10.8 Å². The first-order valence-corrected chi connectivity index (χ1v) is 10.3. The number of nitrogens with zero attached hydrogens (tertiary/aromatic N) is 3. The van der Waals surface area contributed by atoms with Crippen LogP contribution in [-0.4, -0.2) is 20.2 Å². The summed E-state index contributed by atoms with van der Waals surface area (Å²) in [6.07, 6.45) is 1.26. The number of aromatic nitrogens is 3. The summed E-state index contributed by atoms with van der Waals surface area (Å²) in [5.74, 6) is -0.727. The predicted octanol–water partition coefficient (Wildman–Crippen LogP) is 4.26. The van der Waals surface area contributed by atoms with Gasteiger partial charge in [-0.05, 0) is 43.5 Å². The largest absolute Gasteiger partial charge is 0.383 e. The van der Waals surface area contributed by atoms with Crippen molar-refractivity contribution in [3.8, 4) is 0 Å². The van der Waals surface area contributed by atoms with Gasteiger partial charge in [-0.1, -0.05) is 24.3 Å². The van der Waals surface area contributed by atoms with Crippen LogP contribution in [0.3, 0.4) is 0 Å². The third kappa shape index (κ3) is 4.17. The van der Waals surface area contributed by atoms with Crippen LogP contribution in [0.2, 0.25) is 0 Å². The molecule has 4 rings (SSSR count). The van der Waals surface area contributed by atoms with Crippen molar-refractivity contribution in [2.75, 3.05) is 11.1 Å². The molecule has 33 heavy (non-hydrogen) atoms. The van der Waals surface area contributed by atoms with Gasteiger partial charge in [0.15, 0.2) is 0 Å². The Morgan fingerprint density at radius 3 is 2.64 bits per heavy atom. The second-order valence-electron chi connectivity index (χ2n) is 7.83. The average Bonchev–Trinajstić information content (AvgIpc) is 2.77. The number of nitrogen functional groups attached to an aromatic ring is 1. The fourth-order valence-electron chi connectivity index (χ4n) is 3.83. The highest BCUT2D eigenvalue weighted by Gasteiger charge is 2.19. The zero-order valence-corrected chi connectivity index (χ0v) is 18.1. The van der Waals surface area contributed by atoms with Crippen LogP contribution >= 0.6 is 0 Å². The van der Waals surface area contributed by atoms with Crippen molar-refractivity contribution in [2.24, 2.45) is 0 Å². The number of halogens is 2. The molecular formula is C24H22F2N6O. The van der Waals surface area contributed by atoms with Crippen molar-refractivity contribution >= 4 is 28.1 Å². The summed E-state index contributed by atoms with van der Waals surface area (Å²) in [5, 5.41) is 12.2. The fraction of sp³-hybridized carbons (Fsp3) is 0.167. The molecule has 0 bridgehead atoms. The Morgan fingerprint density at radius 2 is 1.91 bits per heavy atom. The van der Waals surface area contributed by atoms with Crippen LogP contribution in [-0.2, 0) is 6.54 Å². The van der Waals surface area contributed by atoms with Crippen LogP contribution < -0.4 is 16.6 Å². The van der Waals surface area contributed by atoms with E-state index < -0.39 is 17.2 Å². The molecule has 2 aromatic carbocycles. The minimum Gasteiger partial charge on any atom is -0.383 e. The average molecular weight is 448 g/mol. The van der Waals surface area contributed by atoms with E-state index in [-0.39, 0.29) is 40.9 Å². The molecule has 168 valence electrons. The first-order valence-electron chi connectivity index (χ1n) is 10.3. The van der Waals surface area contributed by atoms with E-state index in [2.05, 4.69) is 15.3 Å². The minimum absolute atomic E-state index is 0.0369. The minimum atomic E-state index is -0.569. The van der Waals surface area contributed by atoms with Crippen LogP contribution in [0.4, 0.5) is 20.4 Å². The maximum atomic E-state index is 14.3. The maximum Gasteiger partial charge on any atom is 0.261 e. The smallest absolute Gasteiger partial charge is 0.261 e. The van der Waals surface area contributed by atoms with Gasteiger partial charge in [0.25, 0.3) is 5.56 Å². The molecule has 2 heterocycles. The Bertz CT molecular complexity index is 1430. The van der Waals surface area contributed by atoms with E-state index in [0.717, 1.165) is 0 Å². The first-order chi connectivity index (χ1) is 15.8. The molecule has 0 aliphatic rings. The molecule has 7 nitrogen and oxygen atoms in total. The zero-order valence-electron chi connectivity index (χ0n) is 18.1. The summed E-state index contributed by atoms with van der Waals surface area (Å²) < 4.78 is 29.5. The topological polar surface area (TPSA) is 110 Å². The van der Waals surface area contributed by atoms with E-state index >= 15 is 0 Å². The van der Waals surface area contributed by atoms with Gasteiger partial charge < -0.3 is 15.6 Å². The van der Waals surface area contributed by atoms with Gasteiger partial charge in [0.1, 0.15) is 29.6 Å². The molecule has 0 saturated heterocycles. The highest BCUT2D eigenvalue weighted by molar-refractivity contribution is 6.16. The van der Waals surface area contributed by atoms with Gasteiger partial charge in [-0.3, -0.25) is 10.2 Å². The molecule has 0 unspecified atom stereocenters. The summed E-state index contributed by atoms with van der Waals surface area (Å²) in [4.78, 5) is 21.2. The Hall–Kier alpha value is -4.14. The number of rotatable bonds is 6. The summed E-state index contributed by atoms with van der Waals surface area (Å²) in [6, 6.07) is 11.6. The lowest BCUT2D eigenvalue weighted by Crippen LogP contribution is -2.27. The Morgan fingerprint density at radius 1 is 1.15 bits per heavy atom. The van der Waals surface area contributed by atoms with Gasteiger partial charge in [0.05, 0.1) is 23.2 Å². The van der Waals surface area contributed by atoms with E-state index in [1.165, 1.54) is 35.2 Å². The van der Waals surface area contributed by atoms with Gasteiger partial charge in [0.2, 0.25) is 0 Å². The van der Waals surface area contributed by atoms with Gasteiger partial charge in [-0.15, -0.1) is 0 Å². The highest BCUT2D eigenvalue weighted by atomic mass is 19.1. The summed E-state index contributed by atoms with van der Waals surface area (Å²) in [6.45, 7) is 3.83. The van der Waals surface area contributed by atoms with E-state index in [4.69, 9.17) is 11.1 Å². The lowest BCUT2D eigenvalue weighted by molar-refractivity contribution is 0.555. The van der Waals surface area contributed by atoms with Crippen LogP contribution in [0.1, 0.15) is 36.7 Å². The van der Waals surface area contributed by atoms with Gasteiger partial charge >= 0.3 is 0 Å². The molecule has 0 amide bonds. The molecule has 2 aromatic heterocycles. The van der Waals surface area contributed by atoms with Crippen molar-refractivity contribution in [1.82, 2.24) is 14.5 Å². The summed E-state index contributed by atoms with van der Waals surface area (Å²) in [7, 11) is 0. The van der Waals surface area contributed by atoms with Crippen molar-refractivity contribution in [3.05, 3.63) is 93.7 Å². The van der Waals surface area contributed by atoms with Crippen molar-refractivity contribution in [2.45, 2.75) is 26.4 Å². The van der Waals surface area contributed by atoms with Crippen LogP contribution in [0, 0.1) is 17.0 Å². The van der Waals surface area contributed by atoms with Crippen LogP contribution in [0.15, 0.2) is 59.7 Å². The number of fused-ring (bicyclic) bond motifs is 1. The predicted molar refractivity (Wildman–Crippen MR) is 125 cm³/mol. The maximum absolute atomic E-state index is 14.3. The van der Waals surface area contributed by atoms with Crippen molar-refractivity contribution in [1.29, 1.82) is 5.41 Å². The highest BCUT2D eigenvalue weighted by Crippen LogP contribution is 2.24.